The molecule has 102 valence electrons. The third-order valence-electron chi connectivity index (χ3n) is 3.40. The molecule has 0 aromatic heterocycles. The van der Waals surface area contributed by atoms with Crippen molar-refractivity contribution in [1.82, 2.24) is 5.32 Å². The van der Waals surface area contributed by atoms with Gasteiger partial charge in [0.2, 0.25) is 0 Å². The van der Waals surface area contributed by atoms with Crippen LogP contribution in [-0.2, 0) is 6.54 Å². The molecule has 2 rings (SSSR count). The Morgan fingerprint density at radius 3 is 2.53 bits per heavy atom. The van der Waals surface area contributed by atoms with Gasteiger partial charge >= 0.3 is 0 Å². The number of hydrogen-bond acceptors (Lipinski definition) is 1. The molecule has 0 aliphatic rings. The zero-order valence-corrected chi connectivity index (χ0v) is 12.5. The first-order chi connectivity index (χ1) is 9.20. The summed E-state index contributed by atoms with van der Waals surface area (Å²) >= 11 is 6.03. The molecule has 0 heterocycles. The Labute approximate surface area is 121 Å². The van der Waals surface area contributed by atoms with Gasteiger partial charge in [0.15, 0.2) is 0 Å². The topological polar surface area (TPSA) is 12.0 Å². The van der Waals surface area contributed by atoms with Crippen LogP contribution in [0.15, 0.2) is 42.5 Å². The van der Waals surface area contributed by atoms with E-state index in [1.807, 2.05) is 0 Å². The van der Waals surface area contributed by atoms with Crippen molar-refractivity contribution < 1.29 is 0 Å². The summed E-state index contributed by atoms with van der Waals surface area (Å²) < 4.78 is 0. The van der Waals surface area contributed by atoms with Crippen molar-refractivity contribution in [2.75, 3.05) is 5.88 Å². The van der Waals surface area contributed by atoms with E-state index in [0.717, 1.165) is 13.0 Å². The zero-order valence-electron chi connectivity index (χ0n) is 11.7. The molecule has 0 saturated carbocycles. The Balaban J connectivity index is 2.09. The van der Waals surface area contributed by atoms with Crippen LogP contribution in [0.3, 0.4) is 0 Å². The van der Waals surface area contributed by atoms with E-state index in [0.29, 0.717) is 17.8 Å². The Morgan fingerprint density at radius 2 is 1.79 bits per heavy atom. The van der Waals surface area contributed by atoms with Crippen LogP contribution in [0.1, 0.15) is 25.8 Å². The Hall–Kier alpha value is -1.05. The molecule has 1 unspecified atom stereocenters. The van der Waals surface area contributed by atoms with E-state index in [1.165, 1.54) is 16.3 Å². The van der Waals surface area contributed by atoms with Crippen molar-refractivity contribution >= 4 is 22.4 Å². The second kappa shape index (κ2) is 6.93. The summed E-state index contributed by atoms with van der Waals surface area (Å²) in [5.74, 6) is 1.34. The molecule has 0 fully saturated rings. The zero-order chi connectivity index (χ0) is 13.7. The van der Waals surface area contributed by atoms with Crippen LogP contribution in [0.25, 0.3) is 10.8 Å². The molecule has 1 atom stereocenters. The van der Waals surface area contributed by atoms with Crippen LogP contribution in [0.4, 0.5) is 0 Å². The fourth-order valence-corrected chi connectivity index (χ4v) is 2.71. The summed E-state index contributed by atoms with van der Waals surface area (Å²) in [5.41, 5.74) is 1.34. The van der Waals surface area contributed by atoms with Crippen molar-refractivity contribution in [2.45, 2.75) is 32.9 Å². The number of alkyl halides is 1. The highest BCUT2D eigenvalue weighted by Crippen LogP contribution is 2.18. The minimum atomic E-state index is 0.389. The van der Waals surface area contributed by atoms with Gasteiger partial charge in [0.05, 0.1) is 0 Å². The van der Waals surface area contributed by atoms with Crippen molar-refractivity contribution in [2.24, 2.45) is 5.92 Å². The first-order valence-corrected chi connectivity index (χ1v) is 7.50. The summed E-state index contributed by atoms with van der Waals surface area (Å²) in [6.45, 7) is 5.35. The lowest BCUT2D eigenvalue weighted by Crippen LogP contribution is -2.31. The van der Waals surface area contributed by atoms with Gasteiger partial charge < -0.3 is 5.32 Å². The maximum Gasteiger partial charge on any atom is 0.0377 e. The molecule has 0 aliphatic carbocycles. The monoisotopic (exact) mass is 275 g/mol. The first kappa shape index (κ1) is 14.4. The van der Waals surface area contributed by atoms with Crippen molar-refractivity contribution in [3.8, 4) is 0 Å². The summed E-state index contributed by atoms with van der Waals surface area (Å²) in [6.07, 6.45) is 1.12. The van der Waals surface area contributed by atoms with Gasteiger partial charge in [-0.1, -0.05) is 56.3 Å². The van der Waals surface area contributed by atoms with E-state index in [9.17, 15) is 0 Å². The highest BCUT2D eigenvalue weighted by Gasteiger charge is 2.09. The summed E-state index contributed by atoms with van der Waals surface area (Å²) in [4.78, 5) is 0. The second-order valence-corrected chi connectivity index (χ2v) is 5.81. The van der Waals surface area contributed by atoms with Crippen LogP contribution < -0.4 is 5.32 Å². The lowest BCUT2D eigenvalue weighted by atomic mass is 10.0. The molecule has 0 saturated heterocycles. The first-order valence-electron chi connectivity index (χ1n) is 6.96. The van der Waals surface area contributed by atoms with Gasteiger partial charge in [0.1, 0.15) is 0 Å². The highest BCUT2D eigenvalue weighted by atomic mass is 35.5. The molecule has 19 heavy (non-hydrogen) atoms. The number of hydrogen-bond donors (Lipinski definition) is 1. The van der Waals surface area contributed by atoms with Crippen LogP contribution in [0.2, 0.25) is 0 Å². The van der Waals surface area contributed by atoms with Gasteiger partial charge in [-0.15, -0.1) is 11.6 Å². The van der Waals surface area contributed by atoms with Crippen molar-refractivity contribution in [1.29, 1.82) is 0 Å². The van der Waals surface area contributed by atoms with Gasteiger partial charge in [-0.25, -0.2) is 0 Å². The maximum atomic E-state index is 6.03. The predicted molar refractivity (Wildman–Crippen MR) is 84.8 cm³/mol. The SMILES string of the molecule is CC(C)CC(CCl)NCc1cccc2ccccc12. The third-order valence-corrected chi connectivity index (χ3v) is 3.78. The fourth-order valence-electron chi connectivity index (χ4n) is 2.47. The third kappa shape index (κ3) is 3.95. The summed E-state index contributed by atoms with van der Waals surface area (Å²) in [7, 11) is 0. The normalized spacial score (nSPS) is 13.1. The minimum Gasteiger partial charge on any atom is -0.309 e. The number of rotatable bonds is 6. The molecule has 0 spiro atoms. The van der Waals surface area contributed by atoms with E-state index < -0.39 is 0 Å². The average Bonchev–Trinajstić information content (AvgIpc) is 2.43. The van der Waals surface area contributed by atoms with Gasteiger partial charge in [-0.05, 0) is 28.7 Å². The van der Waals surface area contributed by atoms with Crippen LogP contribution in [0.5, 0.6) is 0 Å². The number of nitrogens with one attached hydrogen (secondary N) is 1. The number of fused-ring (bicyclic) bond motifs is 1. The molecule has 0 aliphatic heterocycles. The molecule has 2 heteroatoms. The highest BCUT2D eigenvalue weighted by molar-refractivity contribution is 6.18. The van der Waals surface area contributed by atoms with Crippen molar-refractivity contribution in [3.05, 3.63) is 48.0 Å². The average molecular weight is 276 g/mol. The molecular weight excluding hydrogens is 254 g/mol. The summed E-state index contributed by atoms with van der Waals surface area (Å²) in [6, 6.07) is 15.4. The Kier molecular flexibility index (Phi) is 5.24. The lowest BCUT2D eigenvalue weighted by Gasteiger charge is -2.18. The summed E-state index contributed by atoms with van der Waals surface area (Å²) in [5, 5.41) is 6.21. The number of halogens is 1. The van der Waals surface area contributed by atoms with Gasteiger partial charge in [-0.2, -0.15) is 0 Å². The molecule has 0 amide bonds. The van der Waals surface area contributed by atoms with Crippen LogP contribution in [0, 0.1) is 5.92 Å². The van der Waals surface area contributed by atoms with Crippen molar-refractivity contribution in [3.63, 3.8) is 0 Å². The molecule has 0 radical (unpaired) electrons. The van der Waals surface area contributed by atoms with Crippen LogP contribution >= 0.6 is 11.6 Å². The molecule has 1 N–H and O–H groups in total. The smallest absolute Gasteiger partial charge is 0.0377 e. The maximum absolute atomic E-state index is 6.03. The Morgan fingerprint density at radius 1 is 1.05 bits per heavy atom. The predicted octanol–water partition coefficient (Wildman–Crippen LogP) is 4.58. The molecule has 2 aromatic rings. The molecular formula is C17H22ClN. The second-order valence-electron chi connectivity index (χ2n) is 5.50. The lowest BCUT2D eigenvalue weighted by molar-refractivity contribution is 0.445. The largest absolute Gasteiger partial charge is 0.309 e. The van der Waals surface area contributed by atoms with E-state index in [4.69, 9.17) is 11.6 Å². The Bertz CT molecular complexity index is 516. The van der Waals surface area contributed by atoms with E-state index in [1.54, 1.807) is 0 Å². The fraction of sp³-hybridized carbons (Fsp3) is 0.412. The van der Waals surface area contributed by atoms with E-state index in [-0.39, 0.29) is 0 Å². The van der Waals surface area contributed by atoms with E-state index in [2.05, 4.69) is 61.6 Å². The van der Waals surface area contributed by atoms with Gasteiger partial charge in [0, 0.05) is 18.5 Å². The van der Waals surface area contributed by atoms with E-state index >= 15 is 0 Å². The molecule has 2 aromatic carbocycles. The van der Waals surface area contributed by atoms with Gasteiger partial charge in [0.25, 0.3) is 0 Å². The van der Waals surface area contributed by atoms with Crippen LogP contribution in [-0.4, -0.2) is 11.9 Å². The number of benzene rings is 2. The van der Waals surface area contributed by atoms with Gasteiger partial charge in [-0.3, -0.25) is 0 Å². The molecule has 0 bridgehead atoms. The molecule has 1 nitrogen and oxygen atoms in total. The minimum absolute atomic E-state index is 0.389. The quantitative estimate of drug-likeness (QED) is 0.761. The standard InChI is InChI=1S/C17H22ClN/c1-13(2)10-16(11-18)19-12-15-8-5-7-14-6-3-4-9-17(14)15/h3-9,13,16,19H,10-12H2,1-2H3.